The van der Waals surface area contributed by atoms with Crippen molar-refractivity contribution in [2.75, 3.05) is 5.73 Å². The number of carbonyl (C=O) groups excluding carboxylic acids is 1. The summed E-state index contributed by atoms with van der Waals surface area (Å²) in [7, 11) is 1.58. The molecule has 0 saturated carbocycles. The van der Waals surface area contributed by atoms with Crippen molar-refractivity contribution in [3.05, 3.63) is 76.3 Å². The summed E-state index contributed by atoms with van der Waals surface area (Å²) in [6.07, 6.45) is 3.17. The molecule has 0 aliphatic heterocycles. The lowest BCUT2D eigenvalue weighted by atomic mass is 10.0. The molecule has 4 rings (SSSR count). The number of pyridine rings is 1. The molecule has 30 heavy (non-hydrogen) atoms. The first-order valence-electron chi connectivity index (χ1n) is 8.79. The standard InChI is InChI=1S/C21H16F2N4O3/c1-27-9-14(19-11(21(27)29)4-5-26-19)12-7-16(24)13(20(25)28)8-18(12)30-17-3-2-10(22)6-15(17)23/h2-9,26H,24H2,1H3,(H2,25,28). The van der Waals surface area contributed by atoms with Crippen LogP contribution in [0, 0.1) is 11.6 Å². The van der Waals surface area contributed by atoms with E-state index < -0.39 is 17.5 Å². The molecule has 152 valence electrons. The van der Waals surface area contributed by atoms with Crippen LogP contribution < -0.4 is 21.8 Å². The molecule has 2 aromatic carbocycles. The Bertz CT molecular complexity index is 1370. The molecule has 7 nitrogen and oxygen atoms in total. The predicted octanol–water partition coefficient (Wildman–Crippen LogP) is 3.29. The van der Waals surface area contributed by atoms with Gasteiger partial charge in [0.25, 0.3) is 11.5 Å². The summed E-state index contributed by atoms with van der Waals surface area (Å²) in [5, 5.41) is 0.423. The van der Waals surface area contributed by atoms with Gasteiger partial charge in [0.15, 0.2) is 11.6 Å². The number of anilines is 1. The molecule has 4 aromatic rings. The maximum atomic E-state index is 14.2. The molecule has 5 N–H and O–H groups in total. The minimum atomic E-state index is -0.927. The second-order valence-corrected chi connectivity index (χ2v) is 6.70. The van der Waals surface area contributed by atoms with E-state index in [1.54, 1.807) is 25.5 Å². The number of rotatable bonds is 4. The molecule has 0 aliphatic rings. The Morgan fingerprint density at radius 1 is 1.10 bits per heavy atom. The van der Waals surface area contributed by atoms with Crippen LogP contribution in [0.3, 0.4) is 0 Å². The topological polar surface area (TPSA) is 116 Å². The van der Waals surface area contributed by atoms with Crippen LogP contribution in [0.1, 0.15) is 10.4 Å². The number of aromatic nitrogens is 2. The van der Waals surface area contributed by atoms with Gasteiger partial charge in [0, 0.05) is 42.3 Å². The molecule has 2 aromatic heterocycles. The summed E-state index contributed by atoms with van der Waals surface area (Å²) < 4.78 is 34.5. The van der Waals surface area contributed by atoms with Crippen molar-refractivity contribution in [2.45, 2.75) is 0 Å². The third kappa shape index (κ3) is 3.16. The number of aryl methyl sites for hydroxylation is 1. The molecule has 1 amide bonds. The number of ether oxygens (including phenoxy) is 1. The average Bonchev–Trinajstić information content (AvgIpc) is 3.18. The monoisotopic (exact) mass is 410 g/mol. The van der Waals surface area contributed by atoms with E-state index >= 15 is 0 Å². The smallest absolute Gasteiger partial charge is 0.259 e. The van der Waals surface area contributed by atoms with Crippen molar-refractivity contribution >= 4 is 22.5 Å². The Morgan fingerprint density at radius 2 is 1.87 bits per heavy atom. The third-order valence-corrected chi connectivity index (χ3v) is 4.71. The number of H-pyrrole nitrogens is 1. The molecule has 0 fully saturated rings. The van der Waals surface area contributed by atoms with Crippen molar-refractivity contribution in [2.24, 2.45) is 12.8 Å². The zero-order chi connectivity index (χ0) is 21.6. The van der Waals surface area contributed by atoms with E-state index in [4.69, 9.17) is 16.2 Å². The van der Waals surface area contributed by atoms with E-state index in [1.807, 2.05) is 0 Å². The van der Waals surface area contributed by atoms with Crippen molar-refractivity contribution in [3.8, 4) is 22.6 Å². The lowest BCUT2D eigenvalue weighted by Crippen LogP contribution is -2.16. The Kier molecular flexibility index (Phi) is 4.50. The van der Waals surface area contributed by atoms with Gasteiger partial charge in [0.2, 0.25) is 0 Å². The molecule has 9 heteroatoms. The number of nitrogen functional groups attached to an aromatic ring is 1. The number of primary amides is 1. The Morgan fingerprint density at radius 3 is 2.57 bits per heavy atom. The summed E-state index contributed by atoms with van der Waals surface area (Å²) >= 11 is 0. The minimum absolute atomic E-state index is 0.0242. The van der Waals surface area contributed by atoms with Gasteiger partial charge in [-0.2, -0.15) is 0 Å². The van der Waals surface area contributed by atoms with Crippen LogP contribution in [-0.2, 0) is 7.05 Å². The van der Waals surface area contributed by atoms with Gasteiger partial charge in [-0.3, -0.25) is 9.59 Å². The van der Waals surface area contributed by atoms with Crippen molar-refractivity contribution in [1.82, 2.24) is 9.55 Å². The highest BCUT2D eigenvalue weighted by atomic mass is 19.1. The number of nitrogens with zero attached hydrogens (tertiary/aromatic N) is 1. The van der Waals surface area contributed by atoms with Crippen LogP contribution in [0.2, 0.25) is 0 Å². The van der Waals surface area contributed by atoms with E-state index in [0.29, 0.717) is 28.1 Å². The number of aromatic amines is 1. The maximum Gasteiger partial charge on any atom is 0.259 e. The van der Waals surface area contributed by atoms with Gasteiger partial charge in [-0.1, -0.05) is 0 Å². The first-order chi connectivity index (χ1) is 14.3. The molecule has 0 saturated heterocycles. The highest BCUT2D eigenvalue weighted by molar-refractivity contribution is 6.02. The number of fused-ring (bicyclic) bond motifs is 1. The van der Waals surface area contributed by atoms with Crippen LogP contribution in [0.25, 0.3) is 22.0 Å². The number of hydrogen-bond donors (Lipinski definition) is 3. The van der Waals surface area contributed by atoms with Crippen LogP contribution in [0.15, 0.2) is 53.6 Å². The quantitative estimate of drug-likeness (QED) is 0.448. The predicted molar refractivity (Wildman–Crippen MR) is 108 cm³/mol. The molecular weight excluding hydrogens is 394 g/mol. The highest BCUT2D eigenvalue weighted by Crippen LogP contribution is 2.39. The lowest BCUT2D eigenvalue weighted by Gasteiger charge is -2.16. The molecule has 0 unspecified atom stereocenters. The van der Waals surface area contributed by atoms with Gasteiger partial charge in [0.05, 0.1) is 16.5 Å². The van der Waals surface area contributed by atoms with E-state index in [0.717, 1.165) is 12.1 Å². The van der Waals surface area contributed by atoms with Gasteiger partial charge in [0.1, 0.15) is 11.6 Å². The second-order valence-electron chi connectivity index (χ2n) is 6.70. The van der Waals surface area contributed by atoms with E-state index in [9.17, 15) is 18.4 Å². The van der Waals surface area contributed by atoms with Gasteiger partial charge in [-0.15, -0.1) is 0 Å². The molecule has 0 atom stereocenters. The molecule has 0 aliphatic carbocycles. The first kappa shape index (κ1) is 19.2. The summed E-state index contributed by atoms with van der Waals surface area (Å²) in [5.74, 6) is -2.69. The molecule has 0 spiro atoms. The Labute approximate surface area is 168 Å². The van der Waals surface area contributed by atoms with E-state index in [1.165, 1.54) is 16.7 Å². The number of amides is 1. The fourth-order valence-electron chi connectivity index (χ4n) is 3.26. The zero-order valence-electron chi connectivity index (χ0n) is 15.7. The highest BCUT2D eigenvalue weighted by Gasteiger charge is 2.20. The summed E-state index contributed by atoms with van der Waals surface area (Å²) in [4.78, 5) is 27.1. The van der Waals surface area contributed by atoms with Crippen molar-refractivity contribution in [1.29, 1.82) is 0 Å². The normalized spacial score (nSPS) is 11.0. The first-order valence-corrected chi connectivity index (χ1v) is 8.79. The fourth-order valence-corrected chi connectivity index (χ4v) is 3.26. The molecule has 0 radical (unpaired) electrons. The van der Waals surface area contributed by atoms with Crippen LogP contribution in [0.5, 0.6) is 11.5 Å². The fraction of sp³-hybridized carbons (Fsp3) is 0.0476. The van der Waals surface area contributed by atoms with Crippen LogP contribution >= 0.6 is 0 Å². The van der Waals surface area contributed by atoms with Gasteiger partial charge in [-0.25, -0.2) is 8.78 Å². The van der Waals surface area contributed by atoms with Crippen LogP contribution in [0.4, 0.5) is 14.5 Å². The lowest BCUT2D eigenvalue weighted by molar-refractivity contribution is 0.100. The van der Waals surface area contributed by atoms with Crippen LogP contribution in [-0.4, -0.2) is 15.5 Å². The number of benzene rings is 2. The van der Waals surface area contributed by atoms with Gasteiger partial charge in [-0.05, 0) is 30.3 Å². The number of hydrogen-bond acceptors (Lipinski definition) is 4. The zero-order valence-corrected chi connectivity index (χ0v) is 15.7. The summed E-state index contributed by atoms with van der Waals surface area (Å²) in [6.45, 7) is 0. The molecule has 2 heterocycles. The Balaban J connectivity index is 1.99. The second kappa shape index (κ2) is 7.03. The van der Waals surface area contributed by atoms with E-state index in [-0.39, 0.29) is 28.3 Å². The minimum Gasteiger partial charge on any atom is -0.454 e. The number of halogens is 2. The van der Waals surface area contributed by atoms with Gasteiger partial charge >= 0.3 is 0 Å². The molecular formula is C21H16F2N4O3. The maximum absolute atomic E-state index is 14.2. The average molecular weight is 410 g/mol. The number of nitrogens with one attached hydrogen (secondary N) is 1. The van der Waals surface area contributed by atoms with Gasteiger partial charge < -0.3 is 25.8 Å². The van der Waals surface area contributed by atoms with E-state index in [2.05, 4.69) is 4.98 Å². The Hall–Kier alpha value is -4.14. The summed E-state index contributed by atoms with van der Waals surface area (Å²) in [5.41, 5.74) is 12.6. The third-order valence-electron chi connectivity index (χ3n) is 4.71. The summed E-state index contributed by atoms with van der Waals surface area (Å²) in [6, 6.07) is 7.21. The largest absolute Gasteiger partial charge is 0.454 e. The van der Waals surface area contributed by atoms with Crippen molar-refractivity contribution in [3.63, 3.8) is 0 Å². The SMILES string of the molecule is Cn1cc(-c2cc(N)c(C(N)=O)cc2Oc2ccc(F)cc2F)c2[nH]ccc2c1=O. The van der Waals surface area contributed by atoms with Crippen molar-refractivity contribution < 1.29 is 18.3 Å². The number of carbonyl (C=O) groups is 1. The number of nitrogens with two attached hydrogens (primary N) is 2. The molecule has 0 bridgehead atoms.